The first kappa shape index (κ1) is 12.9. The molecule has 0 aromatic heterocycles. The van der Waals surface area contributed by atoms with E-state index in [-0.39, 0.29) is 0 Å². The van der Waals surface area contributed by atoms with Crippen LogP contribution in [0.3, 0.4) is 0 Å². The van der Waals surface area contributed by atoms with Crippen molar-refractivity contribution in [2.24, 2.45) is 11.8 Å². The van der Waals surface area contributed by atoms with Crippen LogP contribution in [0, 0.1) is 11.8 Å². The molecule has 1 N–H and O–H groups in total. The first-order valence-electron chi connectivity index (χ1n) is 8.18. The molecule has 2 aliphatic carbocycles. The second-order valence-corrected chi connectivity index (χ2v) is 7.13. The van der Waals surface area contributed by atoms with Gasteiger partial charge in [0.2, 0.25) is 0 Å². The number of rotatable bonds is 3. The molecule has 2 saturated carbocycles. The molecule has 4 unspecified atom stereocenters. The Morgan fingerprint density at radius 2 is 1.94 bits per heavy atom. The highest BCUT2D eigenvalue weighted by atomic mass is 15.3. The monoisotopic (exact) mass is 250 g/mol. The maximum absolute atomic E-state index is 3.84. The topological polar surface area (TPSA) is 15.3 Å². The summed E-state index contributed by atoms with van der Waals surface area (Å²) < 4.78 is 0. The number of hydrogen-bond acceptors (Lipinski definition) is 2. The third kappa shape index (κ3) is 2.02. The molecule has 0 aromatic rings. The highest BCUT2D eigenvalue weighted by Gasteiger charge is 2.46. The van der Waals surface area contributed by atoms with Crippen molar-refractivity contribution in [1.29, 1.82) is 0 Å². The summed E-state index contributed by atoms with van der Waals surface area (Å²) in [5.41, 5.74) is 0.397. The van der Waals surface area contributed by atoms with Gasteiger partial charge in [0.1, 0.15) is 0 Å². The van der Waals surface area contributed by atoms with Gasteiger partial charge >= 0.3 is 0 Å². The van der Waals surface area contributed by atoms with E-state index in [4.69, 9.17) is 0 Å². The van der Waals surface area contributed by atoms with E-state index < -0.39 is 0 Å². The van der Waals surface area contributed by atoms with Crippen molar-refractivity contribution in [3.63, 3.8) is 0 Å². The second-order valence-electron chi connectivity index (χ2n) is 7.13. The third-order valence-corrected chi connectivity index (χ3v) is 6.30. The van der Waals surface area contributed by atoms with Crippen molar-refractivity contribution in [2.75, 3.05) is 13.1 Å². The molecule has 1 saturated heterocycles. The van der Waals surface area contributed by atoms with Crippen LogP contribution >= 0.6 is 0 Å². The highest BCUT2D eigenvalue weighted by molar-refractivity contribution is 5.02. The maximum Gasteiger partial charge on any atom is 0.0304 e. The summed E-state index contributed by atoms with van der Waals surface area (Å²) >= 11 is 0. The number of nitrogens with zero attached hydrogens (tertiary/aromatic N) is 1. The van der Waals surface area contributed by atoms with Gasteiger partial charge in [-0.3, -0.25) is 4.90 Å². The first-order chi connectivity index (χ1) is 8.67. The van der Waals surface area contributed by atoms with Gasteiger partial charge in [0.05, 0.1) is 0 Å². The van der Waals surface area contributed by atoms with Crippen LogP contribution < -0.4 is 5.32 Å². The maximum atomic E-state index is 3.84. The predicted molar refractivity (Wildman–Crippen MR) is 76.7 cm³/mol. The molecule has 2 nitrogen and oxygen atoms in total. The van der Waals surface area contributed by atoms with Crippen LogP contribution in [-0.2, 0) is 0 Å². The Balaban J connectivity index is 1.73. The smallest absolute Gasteiger partial charge is 0.0304 e. The fourth-order valence-electron chi connectivity index (χ4n) is 4.83. The van der Waals surface area contributed by atoms with Gasteiger partial charge in [-0.15, -0.1) is 0 Å². The molecule has 1 heterocycles. The fourth-order valence-corrected chi connectivity index (χ4v) is 4.83. The van der Waals surface area contributed by atoms with Gasteiger partial charge in [-0.25, -0.2) is 0 Å². The summed E-state index contributed by atoms with van der Waals surface area (Å²) in [5.74, 6) is 2.10. The van der Waals surface area contributed by atoms with E-state index in [2.05, 4.69) is 31.0 Å². The van der Waals surface area contributed by atoms with Crippen LogP contribution in [-0.4, -0.2) is 35.6 Å². The molecule has 18 heavy (non-hydrogen) atoms. The van der Waals surface area contributed by atoms with Gasteiger partial charge in [0.25, 0.3) is 0 Å². The molecule has 3 fully saturated rings. The minimum absolute atomic E-state index is 0.397. The number of fused-ring (bicyclic) bond motifs is 2. The SMILES string of the molecule is CCC1(CC)CN(C2CC3CCC2C3)C(C)CN1. The van der Waals surface area contributed by atoms with Crippen molar-refractivity contribution in [1.82, 2.24) is 10.2 Å². The lowest BCUT2D eigenvalue weighted by Gasteiger charge is -2.50. The van der Waals surface area contributed by atoms with Crippen molar-refractivity contribution < 1.29 is 0 Å². The van der Waals surface area contributed by atoms with E-state index in [1.807, 2.05) is 0 Å². The van der Waals surface area contributed by atoms with Crippen molar-refractivity contribution in [3.05, 3.63) is 0 Å². The number of hydrogen-bond donors (Lipinski definition) is 1. The molecule has 0 spiro atoms. The Kier molecular flexibility index (Phi) is 3.44. The molecule has 104 valence electrons. The number of piperazine rings is 1. The molecule has 3 rings (SSSR count). The average Bonchev–Trinajstić information content (AvgIpc) is 3.02. The zero-order valence-corrected chi connectivity index (χ0v) is 12.4. The van der Waals surface area contributed by atoms with Gasteiger partial charge in [-0.1, -0.05) is 20.3 Å². The average molecular weight is 250 g/mol. The Labute approximate surface area is 113 Å². The molecule has 4 atom stereocenters. The molecule has 0 amide bonds. The third-order valence-electron chi connectivity index (χ3n) is 6.30. The standard InChI is InChI=1S/C16H30N2/c1-4-16(5-2)11-18(12(3)10-17-16)15-9-13-6-7-14(15)8-13/h12-15,17H,4-11H2,1-3H3. The molecule has 2 heteroatoms. The molecular formula is C16H30N2. The van der Waals surface area contributed by atoms with Crippen LogP contribution in [0.25, 0.3) is 0 Å². The fraction of sp³-hybridized carbons (Fsp3) is 1.00. The zero-order chi connectivity index (χ0) is 12.8. The van der Waals surface area contributed by atoms with E-state index in [1.54, 1.807) is 0 Å². The van der Waals surface area contributed by atoms with E-state index in [0.29, 0.717) is 5.54 Å². The van der Waals surface area contributed by atoms with E-state index in [1.165, 1.54) is 51.6 Å². The van der Waals surface area contributed by atoms with Gasteiger partial charge < -0.3 is 5.32 Å². The molecular weight excluding hydrogens is 220 g/mol. The summed E-state index contributed by atoms with van der Waals surface area (Å²) in [6.07, 6.45) is 8.61. The summed E-state index contributed by atoms with van der Waals surface area (Å²) in [6.45, 7) is 9.61. The summed E-state index contributed by atoms with van der Waals surface area (Å²) in [5, 5.41) is 3.84. The van der Waals surface area contributed by atoms with Crippen molar-refractivity contribution >= 4 is 0 Å². The Hall–Kier alpha value is -0.0800. The summed E-state index contributed by atoms with van der Waals surface area (Å²) in [7, 11) is 0. The van der Waals surface area contributed by atoms with E-state index in [9.17, 15) is 0 Å². The quantitative estimate of drug-likeness (QED) is 0.828. The largest absolute Gasteiger partial charge is 0.308 e. The summed E-state index contributed by atoms with van der Waals surface area (Å²) in [4.78, 5) is 2.88. The van der Waals surface area contributed by atoms with Crippen molar-refractivity contribution in [2.45, 2.75) is 76.9 Å². The molecule has 0 radical (unpaired) electrons. The van der Waals surface area contributed by atoms with Crippen LogP contribution in [0.5, 0.6) is 0 Å². The van der Waals surface area contributed by atoms with Gasteiger partial charge in [-0.05, 0) is 50.9 Å². The Bertz CT molecular complexity index is 297. The van der Waals surface area contributed by atoms with Gasteiger partial charge in [-0.2, -0.15) is 0 Å². The van der Waals surface area contributed by atoms with Crippen LogP contribution in [0.2, 0.25) is 0 Å². The van der Waals surface area contributed by atoms with E-state index in [0.717, 1.165) is 23.9 Å². The van der Waals surface area contributed by atoms with Crippen LogP contribution in [0.4, 0.5) is 0 Å². The predicted octanol–water partition coefficient (Wildman–Crippen LogP) is 3.03. The lowest BCUT2D eigenvalue weighted by molar-refractivity contribution is 0.0233. The first-order valence-corrected chi connectivity index (χ1v) is 8.18. The lowest BCUT2D eigenvalue weighted by Crippen LogP contribution is -2.65. The minimum Gasteiger partial charge on any atom is -0.308 e. The molecule has 1 aliphatic heterocycles. The minimum atomic E-state index is 0.397. The normalized spacial score (nSPS) is 43.5. The Morgan fingerprint density at radius 3 is 2.50 bits per heavy atom. The Morgan fingerprint density at radius 1 is 1.17 bits per heavy atom. The lowest BCUT2D eigenvalue weighted by atomic mass is 9.85. The van der Waals surface area contributed by atoms with E-state index >= 15 is 0 Å². The van der Waals surface area contributed by atoms with Crippen LogP contribution in [0.1, 0.15) is 59.3 Å². The second kappa shape index (κ2) is 4.79. The zero-order valence-electron chi connectivity index (χ0n) is 12.4. The van der Waals surface area contributed by atoms with Crippen molar-refractivity contribution in [3.8, 4) is 0 Å². The molecule has 3 aliphatic rings. The van der Waals surface area contributed by atoms with Gasteiger partial charge in [0.15, 0.2) is 0 Å². The molecule has 0 aromatic carbocycles. The molecule has 2 bridgehead atoms. The van der Waals surface area contributed by atoms with Gasteiger partial charge in [0, 0.05) is 30.7 Å². The summed E-state index contributed by atoms with van der Waals surface area (Å²) in [6, 6.07) is 1.65. The highest BCUT2D eigenvalue weighted by Crippen LogP contribution is 2.47. The van der Waals surface area contributed by atoms with Crippen LogP contribution in [0.15, 0.2) is 0 Å². The number of nitrogens with one attached hydrogen (secondary N) is 1.